The van der Waals surface area contributed by atoms with Gasteiger partial charge in [0.25, 0.3) is 0 Å². The second kappa shape index (κ2) is 8.40. The number of fused-ring (bicyclic) bond motifs is 1. The maximum absolute atomic E-state index is 13.0. The molecular weight excluding hydrogens is 382 g/mol. The van der Waals surface area contributed by atoms with Crippen molar-refractivity contribution >= 4 is 28.5 Å². The fourth-order valence-electron chi connectivity index (χ4n) is 4.54. The van der Waals surface area contributed by atoms with Gasteiger partial charge in [-0.1, -0.05) is 0 Å². The molecular formula is C23H31N3O4. The SMILES string of the molecule is CC(C)(C)OC(=O)c1cc2cc(NC(=O)[C@H]3NCC[C@H]3C3CCOCC3)ccc2[nH]1. The van der Waals surface area contributed by atoms with Crippen molar-refractivity contribution in [3.63, 3.8) is 0 Å². The van der Waals surface area contributed by atoms with Crippen molar-refractivity contribution in [3.8, 4) is 0 Å². The van der Waals surface area contributed by atoms with Gasteiger partial charge in [-0.3, -0.25) is 4.79 Å². The van der Waals surface area contributed by atoms with Crippen molar-refractivity contribution in [2.45, 2.75) is 51.7 Å². The summed E-state index contributed by atoms with van der Waals surface area (Å²) in [5, 5.41) is 7.30. The van der Waals surface area contributed by atoms with E-state index in [4.69, 9.17) is 9.47 Å². The number of rotatable bonds is 4. The van der Waals surface area contributed by atoms with Crippen LogP contribution in [0.3, 0.4) is 0 Å². The maximum Gasteiger partial charge on any atom is 0.355 e. The molecule has 0 unspecified atom stereocenters. The molecule has 7 heteroatoms. The molecule has 2 saturated heterocycles. The van der Waals surface area contributed by atoms with Gasteiger partial charge >= 0.3 is 5.97 Å². The lowest BCUT2D eigenvalue weighted by Gasteiger charge is -2.30. The number of nitrogens with one attached hydrogen (secondary N) is 3. The molecule has 2 aliphatic rings. The summed E-state index contributed by atoms with van der Waals surface area (Å²) in [7, 11) is 0. The maximum atomic E-state index is 13.0. The highest BCUT2D eigenvalue weighted by Crippen LogP contribution is 2.32. The monoisotopic (exact) mass is 413 g/mol. The highest BCUT2D eigenvalue weighted by molar-refractivity contribution is 5.99. The molecule has 30 heavy (non-hydrogen) atoms. The van der Waals surface area contributed by atoms with Crippen LogP contribution in [0.1, 0.15) is 50.5 Å². The fraction of sp³-hybridized carbons (Fsp3) is 0.565. The van der Waals surface area contributed by atoms with Crippen LogP contribution in [0, 0.1) is 11.8 Å². The molecule has 2 aromatic rings. The first-order chi connectivity index (χ1) is 14.3. The van der Waals surface area contributed by atoms with E-state index in [0.717, 1.165) is 55.6 Å². The Morgan fingerprint density at radius 2 is 1.90 bits per heavy atom. The molecule has 0 saturated carbocycles. The van der Waals surface area contributed by atoms with Gasteiger partial charge in [0.05, 0.1) is 6.04 Å². The van der Waals surface area contributed by atoms with E-state index >= 15 is 0 Å². The summed E-state index contributed by atoms with van der Waals surface area (Å²) in [5.74, 6) is 0.502. The van der Waals surface area contributed by atoms with Gasteiger partial charge in [0.1, 0.15) is 11.3 Å². The molecule has 0 aliphatic carbocycles. The summed E-state index contributed by atoms with van der Waals surface area (Å²) in [5.41, 5.74) is 1.40. The third-order valence-electron chi connectivity index (χ3n) is 5.93. The number of esters is 1. The van der Waals surface area contributed by atoms with Crippen molar-refractivity contribution in [2.75, 3.05) is 25.1 Å². The number of ether oxygens (including phenoxy) is 2. The first-order valence-corrected chi connectivity index (χ1v) is 10.8. The Labute approximate surface area is 176 Å². The number of anilines is 1. The van der Waals surface area contributed by atoms with Crippen LogP contribution < -0.4 is 10.6 Å². The van der Waals surface area contributed by atoms with E-state index in [9.17, 15) is 9.59 Å². The van der Waals surface area contributed by atoms with Gasteiger partial charge in [0.2, 0.25) is 5.91 Å². The molecule has 0 spiro atoms. The van der Waals surface area contributed by atoms with Crippen LogP contribution in [0.15, 0.2) is 24.3 Å². The second-order valence-electron chi connectivity index (χ2n) is 9.31. The summed E-state index contributed by atoms with van der Waals surface area (Å²) < 4.78 is 10.9. The molecule has 3 heterocycles. The normalized spacial score (nSPS) is 22.9. The van der Waals surface area contributed by atoms with Crippen molar-refractivity contribution in [1.82, 2.24) is 10.3 Å². The average molecular weight is 414 g/mol. The Bertz CT molecular complexity index is 924. The molecule has 0 radical (unpaired) electrons. The van der Waals surface area contributed by atoms with E-state index in [1.807, 2.05) is 39.0 Å². The summed E-state index contributed by atoms with van der Waals surface area (Å²) in [4.78, 5) is 28.4. The number of hydrogen-bond acceptors (Lipinski definition) is 5. The Morgan fingerprint density at radius 3 is 2.63 bits per heavy atom. The first kappa shape index (κ1) is 20.9. The zero-order chi connectivity index (χ0) is 21.3. The number of carbonyl (C=O) groups is 2. The number of benzene rings is 1. The highest BCUT2D eigenvalue weighted by atomic mass is 16.6. The first-order valence-electron chi connectivity index (χ1n) is 10.8. The van der Waals surface area contributed by atoms with Gasteiger partial charge < -0.3 is 25.1 Å². The number of hydrogen-bond donors (Lipinski definition) is 3. The Morgan fingerprint density at radius 1 is 1.13 bits per heavy atom. The van der Waals surface area contributed by atoms with Crippen LogP contribution in [0.4, 0.5) is 5.69 Å². The molecule has 1 aromatic heterocycles. The molecule has 4 rings (SSSR count). The molecule has 1 amide bonds. The van der Waals surface area contributed by atoms with Gasteiger partial charge in [-0.25, -0.2) is 4.79 Å². The van der Waals surface area contributed by atoms with E-state index in [-0.39, 0.29) is 11.9 Å². The molecule has 162 valence electrons. The smallest absolute Gasteiger partial charge is 0.355 e. The minimum Gasteiger partial charge on any atom is -0.455 e. The molecule has 1 aromatic carbocycles. The van der Waals surface area contributed by atoms with Crippen LogP contribution in [-0.4, -0.2) is 48.3 Å². The average Bonchev–Trinajstić information content (AvgIpc) is 3.34. The van der Waals surface area contributed by atoms with Crippen LogP contribution >= 0.6 is 0 Å². The van der Waals surface area contributed by atoms with Crippen LogP contribution in [0.2, 0.25) is 0 Å². The number of H-pyrrole nitrogens is 1. The van der Waals surface area contributed by atoms with E-state index in [0.29, 0.717) is 17.5 Å². The Balaban J connectivity index is 1.45. The van der Waals surface area contributed by atoms with Crippen LogP contribution in [0.5, 0.6) is 0 Å². The standard InChI is InChI=1S/C23H31N3O4/c1-23(2,3)30-22(28)19-13-15-12-16(4-5-18(15)26-19)25-21(27)20-17(6-9-24-20)14-7-10-29-11-8-14/h4-5,12-14,17,20,24,26H,6-11H2,1-3H3,(H,25,27)/t17-,20-/m0/s1. The van der Waals surface area contributed by atoms with E-state index in [1.165, 1.54) is 0 Å². The van der Waals surface area contributed by atoms with Crippen molar-refractivity contribution < 1.29 is 19.1 Å². The quantitative estimate of drug-likeness (QED) is 0.668. The minimum absolute atomic E-state index is 0.00578. The van der Waals surface area contributed by atoms with Gasteiger partial charge in [-0.2, -0.15) is 0 Å². The summed E-state index contributed by atoms with van der Waals surface area (Å²) >= 11 is 0. The lowest BCUT2D eigenvalue weighted by atomic mass is 9.81. The molecule has 2 aliphatic heterocycles. The Hall–Kier alpha value is -2.38. The van der Waals surface area contributed by atoms with Crippen LogP contribution in [-0.2, 0) is 14.3 Å². The topological polar surface area (TPSA) is 92.4 Å². The predicted molar refractivity (Wildman–Crippen MR) is 116 cm³/mol. The van der Waals surface area contributed by atoms with E-state index in [2.05, 4.69) is 15.6 Å². The van der Waals surface area contributed by atoms with Crippen molar-refractivity contribution in [1.29, 1.82) is 0 Å². The minimum atomic E-state index is -0.553. The lowest BCUT2D eigenvalue weighted by molar-refractivity contribution is -0.119. The number of carbonyl (C=O) groups excluding carboxylic acids is 2. The summed E-state index contributed by atoms with van der Waals surface area (Å²) in [6.45, 7) is 7.97. The fourth-order valence-corrected chi connectivity index (χ4v) is 4.54. The molecule has 3 N–H and O–H groups in total. The molecule has 0 bridgehead atoms. The second-order valence-corrected chi connectivity index (χ2v) is 9.31. The third-order valence-corrected chi connectivity index (χ3v) is 5.93. The highest BCUT2D eigenvalue weighted by Gasteiger charge is 2.38. The number of aromatic amines is 1. The third kappa shape index (κ3) is 4.68. The molecule has 2 fully saturated rings. The van der Waals surface area contributed by atoms with Gasteiger partial charge in [-0.15, -0.1) is 0 Å². The zero-order valence-corrected chi connectivity index (χ0v) is 17.9. The summed E-state index contributed by atoms with van der Waals surface area (Å²) in [6, 6.07) is 7.20. The summed E-state index contributed by atoms with van der Waals surface area (Å²) in [6.07, 6.45) is 3.08. The van der Waals surface area contributed by atoms with Gasteiger partial charge in [0, 0.05) is 29.8 Å². The van der Waals surface area contributed by atoms with Crippen molar-refractivity contribution in [2.24, 2.45) is 11.8 Å². The lowest BCUT2D eigenvalue weighted by Crippen LogP contribution is -2.43. The van der Waals surface area contributed by atoms with Gasteiger partial charge in [-0.05, 0) is 82.7 Å². The van der Waals surface area contributed by atoms with Crippen LogP contribution in [0.25, 0.3) is 10.9 Å². The van der Waals surface area contributed by atoms with Gasteiger partial charge in [0.15, 0.2) is 0 Å². The molecule has 2 atom stereocenters. The zero-order valence-electron chi connectivity index (χ0n) is 17.9. The number of aromatic nitrogens is 1. The van der Waals surface area contributed by atoms with E-state index in [1.54, 1.807) is 6.07 Å². The Kier molecular flexibility index (Phi) is 5.84. The number of amides is 1. The largest absolute Gasteiger partial charge is 0.455 e. The van der Waals surface area contributed by atoms with E-state index < -0.39 is 11.6 Å². The molecule has 7 nitrogen and oxygen atoms in total. The predicted octanol–water partition coefficient (Wildman–Crippen LogP) is 3.47. The van der Waals surface area contributed by atoms with Crippen molar-refractivity contribution in [3.05, 3.63) is 30.0 Å².